The van der Waals surface area contributed by atoms with Crippen LogP contribution in [0.2, 0.25) is 0 Å². The SMILES string of the molecule is C=CC(=C)Nc1cc(-c2c(-c3ccc(N4CCN(C)CC4)cc3)[nH]c3ncc(C(=O)OC4CC4)cc23)ccc1C.CC. The minimum absolute atomic E-state index is 0.0342. The van der Waals surface area contributed by atoms with Gasteiger partial charge in [0.2, 0.25) is 0 Å². The van der Waals surface area contributed by atoms with Crippen LogP contribution in [0.15, 0.2) is 79.7 Å². The number of nitrogens with zero attached hydrogens (tertiary/aromatic N) is 3. The number of H-pyrrole nitrogens is 1. The lowest BCUT2D eigenvalue weighted by Gasteiger charge is -2.34. The summed E-state index contributed by atoms with van der Waals surface area (Å²) in [5.41, 5.74) is 9.18. The van der Waals surface area contributed by atoms with Gasteiger partial charge in [-0.2, -0.15) is 0 Å². The lowest BCUT2D eigenvalue weighted by atomic mass is 9.96. The van der Waals surface area contributed by atoms with E-state index in [9.17, 15) is 4.79 Å². The molecule has 42 heavy (non-hydrogen) atoms. The number of benzene rings is 2. The molecule has 0 atom stereocenters. The first kappa shape index (κ1) is 29.1. The summed E-state index contributed by atoms with van der Waals surface area (Å²) in [6.07, 6.45) is 5.20. The first-order valence-corrected chi connectivity index (χ1v) is 14.9. The van der Waals surface area contributed by atoms with Gasteiger partial charge in [0.15, 0.2) is 0 Å². The predicted molar refractivity (Wildman–Crippen MR) is 174 cm³/mol. The molecule has 1 saturated heterocycles. The maximum atomic E-state index is 12.8. The van der Waals surface area contributed by atoms with Gasteiger partial charge in [0, 0.05) is 60.4 Å². The maximum Gasteiger partial charge on any atom is 0.339 e. The molecule has 1 saturated carbocycles. The van der Waals surface area contributed by atoms with Gasteiger partial charge in [-0.25, -0.2) is 9.78 Å². The monoisotopic (exact) mass is 563 g/mol. The highest BCUT2D eigenvalue weighted by molar-refractivity contribution is 6.05. The molecule has 7 nitrogen and oxygen atoms in total. The van der Waals surface area contributed by atoms with Crippen LogP contribution in [0.25, 0.3) is 33.4 Å². The molecule has 2 fully saturated rings. The Labute approximate surface area is 248 Å². The summed E-state index contributed by atoms with van der Waals surface area (Å²) in [7, 11) is 2.17. The Hall–Kier alpha value is -4.36. The number of aromatic amines is 1. The second kappa shape index (κ2) is 12.7. The summed E-state index contributed by atoms with van der Waals surface area (Å²) in [6.45, 7) is 18.1. The molecule has 218 valence electrons. The average molecular weight is 564 g/mol. The number of fused-ring (bicyclic) bond motifs is 1. The summed E-state index contributed by atoms with van der Waals surface area (Å²) in [5.74, 6) is -0.323. The van der Waals surface area contributed by atoms with E-state index in [0.717, 1.165) is 89.4 Å². The number of anilines is 2. The number of aryl methyl sites for hydroxylation is 1. The van der Waals surface area contributed by atoms with Crippen molar-refractivity contribution in [2.24, 2.45) is 0 Å². The van der Waals surface area contributed by atoms with Crippen molar-refractivity contribution in [3.05, 3.63) is 90.8 Å². The highest BCUT2D eigenvalue weighted by atomic mass is 16.5. The molecule has 2 aromatic heterocycles. The van der Waals surface area contributed by atoms with Crippen molar-refractivity contribution in [2.45, 2.75) is 39.7 Å². The standard InChI is InChI=1S/C33H35N5O2.C2H6/c1-5-22(3)35-29-19-24(7-6-21(29)2)30-28-18-25(33(39)40-27-12-13-27)20-34-32(28)36-31(30)23-8-10-26(11-9-23)38-16-14-37(4)15-17-38;1-2/h5-11,18-20,27,35H,1,3,12-17H2,2,4H3,(H,34,36);1-2H3. The highest BCUT2D eigenvalue weighted by Gasteiger charge is 2.27. The number of ether oxygens (including phenoxy) is 1. The highest BCUT2D eigenvalue weighted by Crippen LogP contribution is 2.40. The smallest absolute Gasteiger partial charge is 0.339 e. The number of rotatable bonds is 8. The molecule has 2 aromatic carbocycles. The molecular formula is C35H41N5O2. The average Bonchev–Trinajstić information content (AvgIpc) is 3.76. The fourth-order valence-corrected chi connectivity index (χ4v) is 5.14. The van der Waals surface area contributed by atoms with Crippen LogP contribution < -0.4 is 10.2 Å². The van der Waals surface area contributed by atoms with E-state index in [4.69, 9.17) is 4.74 Å². The van der Waals surface area contributed by atoms with E-state index in [2.05, 4.69) is 94.7 Å². The van der Waals surface area contributed by atoms with Crippen LogP contribution in [0.5, 0.6) is 0 Å². The number of carbonyl (C=O) groups excluding carboxylic acids is 1. The van der Waals surface area contributed by atoms with E-state index in [0.29, 0.717) is 5.56 Å². The Bertz CT molecular complexity index is 1590. The number of likely N-dealkylation sites (N-methyl/N-ethyl adjacent to an activating group) is 1. The molecule has 3 heterocycles. The first-order valence-electron chi connectivity index (χ1n) is 14.9. The number of carbonyl (C=O) groups is 1. The van der Waals surface area contributed by atoms with E-state index in [1.54, 1.807) is 12.3 Å². The Balaban J connectivity index is 0.00000173. The minimum atomic E-state index is -0.323. The molecule has 2 N–H and O–H groups in total. The van der Waals surface area contributed by atoms with Gasteiger partial charge in [-0.15, -0.1) is 0 Å². The third kappa shape index (κ3) is 6.26. The van der Waals surface area contributed by atoms with Crippen LogP contribution in [0.1, 0.15) is 42.6 Å². The zero-order valence-electron chi connectivity index (χ0n) is 25.2. The van der Waals surface area contributed by atoms with Gasteiger partial charge in [0.05, 0.1) is 11.3 Å². The Kier molecular flexibility index (Phi) is 8.78. The predicted octanol–water partition coefficient (Wildman–Crippen LogP) is 7.41. The van der Waals surface area contributed by atoms with Crippen molar-refractivity contribution in [3.8, 4) is 22.4 Å². The number of piperazine rings is 1. The summed E-state index contributed by atoms with van der Waals surface area (Å²) in [5, 5.41) is 4.23. The van der Waals surface area contributed by atoms with E-state index < -0.39 is 0 Å². The maximum absolute atomic E-state index is 12.8. The molecule has 6 rings (SSSR count). The molecule has 1 aliphatic carbocycles. The van der Waals surface area contributed by atoms with Crippen molar-refractivity contribution in [1.29, 1.82) is 0 Å². The van der Waals surface area contributed by atoms with Crippen molar-refractivity contribution in [3.63, 3.8) is 0 Å². The summed E-state index contributed by atoms with van der Waals surface area (Å²) in [6, 6.07) is 16.9. The van der Waals surface area contributed by atoms with E-state index >= 15 is 0 Å². The minimum Gasteiger partial charge on any atom is -0.459 e. The normalized spacial score (nSPS) is 15.1. The number of hydrogen-bond donors (Lipinski definition) is 2. The Morgan fingerprint density at radius 2 is 1.74 bits per heavy atom. The number of aromatic nitrogens is 2. The quantitative estimate of drug-likeness (QED) is 0.172. The number of nitrogens with one attached hydrogen (secondary N) is 2. The zero-order valence-corrected chi connectivity index (χ0v) is 25.2. The Morgan fingerprint density at radius 3 is 2.40 bits per heavy atom. The van der Waals surface area contributed by atoms with Gasteiger partial charge in [0.25, 0.3) is 0 Å². The van der Waals surface area contributed by atoms with Crippen LogP contribution in [0, 0.1) is 6.92 Å². The molecule has 0 unspecified atom stereocenters. The zero-order chi connectivity index (χ0) is 29.8. The summed E-state index contributed by atoms with van der Waals surface area (Å²) in [4.78, 5) is 25.8. The van der Waals surface area contributed by atoms with E-state index in [-0.39, 0.29) is 12.1 Å². The van der Waals surface area contributed by atoms with Crippen molar-refractivity contribution in [2.75, 3.05) is 43.4 Å². The first-order chi connectivity index (χ1) is 20.4. The lowest BCUT2D eigenvalue weighted by Crippen LogP contribution is -2.44. The van der Waals surface area contributed by atoms with Crippen LogP contribution >= 0.6 is 0 Å². The summed E-state index contributed by atoms with van der Waals surface area (Å²) < 4.78 is 5.58. The lowest BCUT2D eigenvalue weighted by molar-refractivity contribution is 0.0472. The topological polar surface area (TPSA) is 73.5 Å². The van der Waals surface area contributed by atoms with Gasteiger partial charge in [-0.05, 0) is 73.8 Å². The molecule has 0 amide bonds. The van der Waals surface area contributed by atoms with E-state index in [1.165, 1.54) is 5.69 Å². The van der Waals surface area contributed by atoms with Gasteiger partial charge < -0.3 is 24.8 Å². The number of hydrogen-bond acceptors (Lipinski definition) is 6. The molecule has 7 heteroatoms. The largest absolute Gasteiger partial charge is 0.459 e. The second-order valence-electron chi connectivity index (χ2n) is 10.8. The van der Waals surface area contributed by atoms with Crippen LogP contribution in [-0.4, -0.2) is 60.2 Å². The molecule has 0 bridgehead atoms. The summed E-state index contributed by atoms with van der Waals surface area (Å²) >= 11 is 0. The number of allylic oxidation sites excluding steroid dienone is 1. The number of pyridine rings is 1. The molecule has 0 radical (unpaired) electrons. The molecular weight excluding hydrogens is 522 g/mol. The van der Waals surface area contributed by atoms with Gasteiger partial charge in [-0.3, -0.25) is 0 Å². The van der Waals surface area contributed by atoms with Crippen molar-refractivity contribution < 1.29 is 9.53 Å². The number of esters is 1. The molecule has 0 spiro atoms. The third-order valence-corrected chi connectivity index (χ3v) is 7.78. The molecule has 4 aromatic rings. The van der Waals surface area contributed by atoms with Gasteiger partial charge in [0.1, 0.15) is 11.8 Å². The van der Waals surface area contributed by atoms with Crippen LogP contribution in [-0.2, 0) is 4.74 Å². The molecule has 2 aliphatic rings. The van der Waals surface area contributed by atoms with E-state index in [1.807, 2.05) is 19.9 Å². The Morgan fingerprint density at radius 1 is 1.05 bits per heavy atom. The second-order valence-corrected chi connectivity index (χ2v) is 10.8. The fourth-order valence-electron chi connectivity index (χ4n) is 5.14. The van der Waals surface area contributed by atoms with Crippen LogP contribution in [0.4, 0.5) is 11.4 Å². The van der Waals surface area contributed by atoms with Gasteiger partial charge in [-0.1, -0.05) is 51.3 Å². The molecule has 1 aliphatic heterocycles. The van der Waals surface area contributed by atoms with Crippen molar-refractivity contribution in [1.82, 2.24) is 14.9 Å². The fraction of sp³-hybridized carbons (Fsp3) is 0.314. The van der Waals surface area contributed by atoms with Crippen molar-refractivity contribution >= 4 is 28.4 Å². The third-order valence-electron chi connectivity index (χ3n) is 7.78. The van der Waals surface area contributed by atoms with Gasteiger partial charge >= 0.3 is 5.97 Å². The van der Waals surface area contributed by atoms with Crippen LogP contribution in [0.3, 0.4) is 0 Å².